The van der Waals surface area contributed by atoms with E-state index in [0.717, 1.165) is 23.3 Å². The number of amides is 1. The Balaban J connectivity index is 1.39. The molecule has 9 heteroatoms. The van der Waals surface area contributed by atoms with Crippen molar-refractivity contribution in [2.75, 3.05) is 20.8 Å². The van der Waals surface area contributed by atoms with Crippen molar-refractivity contribution in [1.29, 1.82) is 0 Å². The second-order valence-corrected chi connectivity index (χ2v) is 8.08. The Labute approximate surface area is 178 Å². The minimum Gasteiger partial charge on any atom is -0.493 e. The molecule has 2 aromatic heterocycles. The minimum absolute atomic E-state index is 0.0944. The monoisotopic (exact) mass is 428 g/mol. The van der Waals surface area contributed by atoms with E-state index in [0.29, 0.717) is 30.3 Å². The number of methoxy groups -OCH3 is 2. The molecule has 3 aromatic rings. The minimum atomic E-state index is -0.240. The number of nitrogens with one attached hydrogen (secondary N) is 1. The van der Waals surface area contributed by atoms with E-state index in [1.54, 1.807) is 18.8 Å². The highest BCUT2D eigenvalue weighted by molar-refractivity contribution is 7.13. The second-order valence-electron chi connectivity index (χ2n) is 7.13. The Morgan fingerprint density at radius 3 is 2.70 bits per heavy atom. The van der Waals surface area contributed by atoms with Gasteiger partial charge in [0, 0.05) is 12.6 Å². The van der Waals surface area contributed by atoms with Gasteiger partial charge in [0.2, 0.25) is 5.91 Å². The van der Waals surface area contributed by atoms with Crippen LogP contribution in [-0.2, 0) is 17.8 Å². The fourth-order valence-electron chi connectivity index (χ4n) is 3.33. The maximum atomic E-state index is 12.8. The van der Waals surface area contributed by atoms with Crippen molar-refractivity contribution in [3.05, 3.63) is 51.8 Å². The molecule has 0 radical (unpaired) electrons. The Morgan fingerprint density at radius 2 is 2.03 bits per heavy atom. The third-order valence-electron chi connectivity index (χ3n) is 5.00. The fourth-order valence-corrected chi connectivity index (χ4v) is 4.04. The van der Waals surface area contributed by atoms with E-state index < -0.39 is 0 Å². The van der Waals surface area contributed by atoms with Gasteiger partial charge in [0.05, 0.1) is 19.1 Å². The third kappa shape index (κ3) is 4.25. The largest absolute Gasteiger partial charge is 0.493 e. The lowest BCUT2D eigenvalue weighted by Crippen LogP contribution is -2.34. The summed E-state index contributed by atoms with van der Waals surface area (Å²) >= 11 is 1.54. The molecule has 4 rings (SSSR count). The number of ether oxygens (including phenoxy) is 2. The van der Waals surface area contributed by atoms with Gasteiger partial charge in [0.25, 0.3) is 0 Å². The first kappa shape index (κ1) is 20.2. The lowest BCUT2D eigenvalue weighted by Gasteiger charge is -2.10. The molecule has 8 nitrogen and oxygen atoms in total. The van der Waals surface area contributed by atoms with Gasteiger partial charge in [-0.15, -0.1) is 16.4 Å². The van der Waals surface area contributed by atoms with Gasteiger partial charge in [-0.3, -0.25) is 9.36 Å². The smallest absolute Gasteiger partial charge is 0.346 e. The van der Waals surface area contributed by atoms with Crippen LogP contribution in [0.4, 0.5) is 0 Å². The van der Waals surface area contributed by atoms with Crippen molar-refractivity contribution >= 4 is 17.2 Å². The number of hydrogen-bond acceptors (Lipinski definition) is 6. The standard InChI is InChI=1S/C21H24N4O4S/c1-28-16-8-5-14(12-17(16)29-2)9-10-22-19(26)13-24-21(27)25(15-6-7-15)20(23-24)18-4-3-11-30-18/h3-5,8,11-12,15H,6-7,9-10,13H2,1-2H3,(H,22,26). The molecule has 1 amide bonds. The van der Waals surface area contributed by atoms with Gasteiger partial charge in [0.1, 0.15) is 6.54 Å². The molecule has 1 aromatic carbocycles. The van der Waals surface area contributed by atoms with E-state index in [1.807, 2.05) is 35.7 Å². The van der Waals surface area contributed by atoms with Crippen LogP contribution in [0.5, 0.6) is 11.5 Å². The molecule has 1 N–H and O–H groups in total. The van der Waals surface area contributed by atoms with Crippen molar-refractivity contribution in [3.63, 3.8) is 0 Å². The molecule has 0 spiro atoms. The maximum absolute atomic E-state index is 12.8. The molecule has 30 heavy (non-hydrogen) atoms. The van der Waals surface area contributed by atoms with Gasteiger partial charge in [-0.1, -0.05) is 12.1 Å². The zero-order valence-corrected chi connectivity index (χ0v) is 17.8. The molecule has 0 unspecified atom stereocenters. The number of benzene rings is 1. The summed E-state index contributed by atoms with van der Waals surface area (Å²) in [6.07, 6.45) is 2.58. The zero-order valence-electron chi connectivity index (χ0n) is 17.0. The molecule has 0 saturated heterocycles. The van der Waals surface area contributed by atoms with Crippen molar-refractivity contribution in [2.24, 2.45) is 0 Å². The van der Waals surface area contributed by atoms with Crippen molar-refractivity contribution in [1.82, 2.24) is 19.7 Å². The Hall–Kier alpha value is -3.07. The van der Waals surface area contributed by atoms with Crippen molar-refractivity contribution < 1.29 is 14.3 Å². The van der Waals surface area contributed by atoms with Crippen molar-refractivity contribution in [2.45, 2.75) is 31.8 Å². The van der Waals surface area contributed by atoms with Crippen LogP contribution >= 0.6 is 11.3 Å². The summed E-state index contributed by atoms with van der Waals surface area (Å²) in [5.41, 5.74) is 0.791. The summed E-state index contributed by atoms with van der Waals surface area (Å²) in [5, 5.41) is 9.27. The number of carbonyl (C=O) groups excluding carboxylic acids is 1. The summed E-state index contributed by atoms with van der Waals surface area (Å²) in [7, 11) is 3.18. The average molecular weight is 429 g/mol. The van der Waals surface area contributed by atoms with Gasteiger partial charge in [-0.2, -0.15) is 0 Å². The Bertz CT molecular complexity index is 1080. The summed E-state index contributed by atoms with van der Waals surface area (Å²) < 4.78 is 13.5. The number of nitrogens with zero attached hydrogens (tertiary/aromatic N) is 3. The second kappa shape index (κ2) is 8.74. The first-order valence-corrected chi connectivity index (χ1v) is 10.7. The van der Waals surface area contributed by atoms with E-state index in [2.05, 4.69) is 10.4 Å². The third-order valence-corrected chi connectivity index (χ3v) is 5.87. The highest BCUT2D eigenvalue weighted by atomic mass is 32.1. The predicted molar refractivity (Wildman–Crippen MR) is 114 cm³/mol. The average Bonchev–Trinajstić information content (AvgIpc) is 3.33. The number of carbonyl (C=O) groups is 1. The van der Waals surface area contributed by atoms with Crippen LogP contribution in [0, 0.1) is 0 Å². The number of rotatable bonds is 9. The highest BCUT2D eigenvalue weighted by Gasteiger charge is 2.31. The highest BCUT2D eigenvalue weighted by Crippen LogP contribution is 2.37. The van der Waals surface area contributed by atoms with Crippen LogP contribution in [0.25, 0.3) is 10.7 Å². The van der Waals surface area contributed by atoms with Crippen LogP contribution in [0.1, 0.15) is 24.4 Å². The Morgan fingerprint density at radius 1 is 1.23 bits per heavy atom. The molecule has 158 valence electrons. The number of hydrogen-bond donors (Lipinski definition) is 1. The molecular weight excluding hydrogens is 404 g/mol. The molecule has 0 aliphatic heterocycles. The normalized spacial score (nSPS) is 13.3. The zero-order chi connectivity index (χ0) is 21.1. The molecule has 0 bridgehead atoms. The molecule has 1 fully saturated rings. The van der Waals surface area contributed by atoms with E-state index >= 15 is 0 Å². The first-order chi connectivity index (χ1) is 14.6. The molecule has 1 aliphatic carbocycles. The summed E-state index contributed by atoms with van der Waals surface area (Å²) in [6, 6.07) is 9.73. The number of thiophene rings is 1. The van der Waals surface area contributed by atoms with Crippen LogP contribution in [-0.4, -0.2) is 41.0 Å². The molecule has 0 atom stereocenters. The SMILES string of the molecule is COc1ccc(CCNC(=O)Cn2nc(-c3cccs3)n(C3CC3)c2=O)cc1OC. The summed E-state index contributed by atoms with van der Waals surface area (Å²) in [5.74, 6) is 1.73. The van der Waals surface area contributed by atoms with E-state index in [1.165, 1.54) is 16.0 Å². The van der Waals surface area contributed by atoms with Gasteiger partial charge in [-0.25, -0.2) is 9.48 Å². The van der Waals surface area contributed by atoms with Gasteiger partial charge < -0.3 is 14.8 Å². The van der Waals surface area contributed by atoms with Crippen LogP contribution < -0.4 is 20.5 Å². The number of aromatic nitrogens is 3. The van der Waals surface area contributed by atoms with E-state index in [-0.39, 0.29) is 24.2 Å². The molecule has 1 saturated carbocycles. The maximum Gasteiger partial charge on any atom is 0.346 e. The molecule has 2 heterocycles. The molecule has 1 aliphatic rings. The fraction of sp³-hybridized carbons (Fsp3) is 0.381. The summed E-state index contributed by atoms with van der Waals surface area (Å²) in [6.45, 7) is 0.354. The summed E-state index contributed by atoms with van der Waals surface area (Å²) in [4.78, 5) is 26.1. The first-order valence-electron chi connectivity index (χ1n) is 9.81. The lowest BCUT2D eigenvalue weighted by molar-refractivity contribution is -0.121. The quantitative estimate of drug-likeness (QED) is 0.566. The Kier molecular flexibility index (Phi) is 5.89. The predicted octanol–water partition coefficient (Wildman–Crippen LogP) is 2.48. The lowest BCUT2D eigenvalue weighted by atomic mass is 10.1. The van der Waals surface area contributed by atoms with Gasteiger partial charge >= 0.3 is 5.69 Å². The topological polar surface area (TPSA) is 87.4 Å². The van der Waals surface area contributed by atoms with Crippen LogP contribution in [0.3, 0.4) is 0 Å². The van der Waals surface area contributed by atoms with E-state index in [9.17, 15) is 9.59 Å². The van der Waals surface area contributed by atoms with E-state index in [4.69, 9.17) is 9.47 Å². The van der Waals surface area contributed by atoms with Gasteiger partial charge in [-0.05, 0) is 48.4 Å². The van der Waals surface area contributed by atoms with Crippen LogP contribution in [0.2, 0.25) is 0 Å². The van der Waals surface area contributed by atoms with Gasteiger partial charge in [0.15, 0.2) is 17.3 Å². The van der Waals surface area contributed by atoms with Crippen LogP contribution in [0.15, 0.2) is 40.5 Å². The van der Waals surface area contributed by atoms with Crippen molar-refractivity contribution in [3.8, 4) is 22.2 Å². The molecular formula is C21H24N4O4S.